The Morgan fingerprint density at radius 3 is 2.78 bits per heavy atom. The van der Waals surface area contributed by atoms with Gasteiger partial charge >= 0.3 is 5.97 Å². The molecule has 1 aromatic rings. The van der Waals surface area contributed by atoms with Gasteiger partial charge in [0, 0.05) is 6.08 Å². The Hall–Kier alpha value is -1.28. The number of halogens is 1. The Bertz CT molecular complexity index is 456. The fraction of sp³-hybridized carbons (Fsp3) is 0.250. The highest BCUT2D eigenvalue weighted by molar-refractivity contribution is 14.1. The molecule has 0 saturated heterocycles. The molecule has 1 aromatic carbocycles. The van der Waals surface area contributed by atoms with E-state index < -0.39 is 5.97 Å². The van der Waals surface area contributed by atoms with Crippen LogP contribution in [-0.4, -0.2) is 36.5 Å². The fourth-order valence-electron chi connectivity index (χ4n) is 1.29. The van der Waals surface area contributed by atoms with Crippen LogP contribution in [0, 0.1) is 3.57 Å². The lowest BCUT2D eigenvalue weighted by molar-refractivity contribution is -0.131. The molecule has 0 fully saturated rings. The van der Waals surface area contributed by atoms with Gasteiger partial charge in [0.1, 0.15) is 6.61 Å². The molecule has 0 bridgehead atoms. The summed E-state index contributed by atoms with van der Waals surface area (Å²) in [7, 11) is 1.50. The van der Waals surface area contributed by atoms with Crippen LogP contribution in [-0.2, 0) is 4.79 Å². The molecule has 6 heteroatoms. The molecule has 2 N–H and O–H groups in total. The van der Waals surface area contributed by atoms with Gasteiger partial charge in [-0.1, -0.05) is 0 Å². The first-order valence-electron chi connectivity index (χ1n) is 5.10. The van der Waals surface area contributed by atoms with Gasteiger partial charge in [-0.05, 0) is 46.4 Å². The summed E-state index contributed by atoms with van der Waals surface area (Å²) in [6.45, 7) is 0.0938. The number of aliphatic hydroxyl groups is 1. The molecule has 0 aromatic heterocycles. The molecule has 0 atom stereocenters. The van der Waals surface area contributed by atoms with Crippen LogP contribution in [0.3, 0.4) is 0 Å². The van der Waals surface area contributed by atoms with Crippen LogP contribution in [0.15, 0.2) is 18.2 Å². The molecule has 1 rings (SSSR count). The number of carbonyl (C=O) groups is 1. The van der Waals surface area contributed by atoms with Gasteiger partial charge in [-0.3, -0.25) is 0 Å². The van der Waals surface area contributed by atoms with Gasteiger partial charge < -0.3 is 19.7 Å². The molecule has 5 nitrogen and oxygen atoms in total. The van der Waals surface area contributed by atoms with Crippen molar-refractivity contribution in [1.29, 1.82) is 0 Å². The molecule has 0 aliphatic heterocycles. The Labute approximate surface area is 118 Å². The van der Waals surface area contributed by atoms with Gasteiger partial charge in [-0.15, -0.1) is 0 Å². The largest absolute Gasteiger partial charge is 0.493 e. The number of aliphatic carboxylic acids is 1. The molecular weight excluding hydrogens is 351 g/mol. The van der Waals surface area contributed by atoms with Crippen molar-refractivity contribution in [1.82, 2.24) is 0 Å². The summed E-state index contributed by atoms with van der Waals surface area (Å²) < 4.78 is 11.3. The monoisotopic (exact) mass is 364 g/mol. The third kappa shape index (κ3) is 4.19. The predicted octanol–water partition coefficient (Wildman–Crippen LogP) is 1.77. The smallest absolute Gasteiger partial charge is 0.328 e. The van der Waals surface area contributed by atoms with Crippen molar-refractivity contribution in [2.24, 2.45) is 0 Å². The first-order chi connectivity index (χ1) is 8.58. The lowest BCUT2D eigenvalue weighted by Gasteiger charge is -2.12. The van der Waals surface area contributed by atoms with Crippen LogP contribution in [0.5, 0.6) is 11.5 Å². The first-order valence-corrected chi connectivity index (χ1v) is 6.18. The third-order valence-electron chi connectivity index (χ3n) is 2.01. The number of rotatable bonds is 6. The van der Waals surface area contributed by atoms with Crippen LogP contribution < -0.4 is 9.47 Å². The molecule has 0 saturated carbocycles. The van der Waals surface area contributed by atoms with E-state index >= 15 is 0 Å². The molecule has 0 heterocycles. The minimum Gasteiger partial charge on any atom is -0.493 e. The SMILES string of the molecule is COc1cc(C=CC(=O)O)cc(I)c1OCCO. The zero-order valence-electron chi connectivity index (χ0n) is 9.72. The minimum atomic E-state index is -1.01. The Kier molecular flexibility index (Phi) is 5.93. The van der Waals surface area contributed by atoms with Gasteiger partial charge in [-0.25, -0.2) is 4.79 Å². The maximum absolute atomic E-state index is 10.4. The Morgan fingerprint density at radius 1 is 1.50 bits per heavy atom. The molecule has 0 amide bonds. The van der Waals surface area contributed by atoms with E-state index in [0.29, 0.717) is 17.1 Å². The number of carboxylic acid groups (broad SMARTS) is 1. The summed E-state index contributed by atoms with van der Waals surface area (Å²) in [4.78, 5) is 10.4. The topological polar surface area (TPSA) is 76.0 Å². The number of carboxylic acids is 1. The second kappa shape index (κ2) is 7.22. The normalized spacial score (nSPS) is 10.6. The van der Waals surface area contributed by atoms with Crippen LogP contribution in [0.4, 0.5) is 0 Å². The van der Waals surface area contributed by atoms with E-state index in [1.54, 1.807) is 12.1 Å². The summed E-state index contributed by atoms with van der Waals surface area (Å²) in [6.07, 6.45) is 2.53. The average molecular weight is 364 g/mol. The number of hydrogen-bond acceptors (Lipinski definition) is 4. The lowest BCUT2D eigenvalue weighted by Crippen LogP contribution is -2.04. The highest BCUT2D eigenvalue weighted by Crippen LogP contribution is 2.34. The number of aliphatic hydroxyl groups excluding tert-OH is 1. The van der Waals surface area contributed by atoms with E-state index in [0.717, 1.165) is 9.65 Å². The molecular formula is C12H13IO5. The molecule has 0 aliphatic rings. The standard InChI is InChI=1S/C12H13IO5/c1-17-10-7-8(2-3-11(15)16)6-9(13)12(10)18-5-4-14/h2-3,6-7,14H,4-5H2,1H3,(H,15,16). The first kappa shape index (κ1) is 14.8. The maximum atomic E-state index is 10.4. The number of methoxy groups -OCH3 is 1. The van der Waals surface area contributed by atoms with Crippen molar-refractivity contribution in [2.45, 2.75) is 0 Å². The van der Waals surface area contributed by atoms with Crippen molar-refractivity contribution in [3.05, 3.63) is 27.3 Å². The zero-order chi connectivity index (χ0) is 13.5. The summed E-state index contributed by atoms with van der Waals surface area (Å²) in [5.74, 6) is 0.0320. The molecule has 0 radical (unpaired) electrons. The van der Waals surface area contributed by atoms with E-state index in [-0.39, 0.29) is 13.2 Å². The third-order valence-corrected chi connectivity index (χ3v) is 2.81. The highest BCUT2D eigenvalue weighted by atomic mass is 127. The summed E-state index contributed by atoms with van der Waals surface area (Å²) in [6, 6.07) is 3.45. The molecule has 98 valence electrons. The molecule has 0 spiro atoms. The fourth-order valence-corrected chi connectivity index (χ4v) is 2.07. The van der Waals surface area contributed by atoms with Crippen molar-refractivity contribution >= 4 is 34.6 Å². The summed E-state index contributed by atoms with van der Waals surface area (Å²) >= 11 is 2.06. The van der Waals surface area contributed by atoms with E-state index in [1.165, 1.54) is 13.2 Å². The van der Waals surface area contributed by atoms with E-state index in [2.05, 4.69) is 22.6 Å². The highest BCUT2D eigenvalue weighted by Gasteiger charge is 2.10. The van der Waals surface area contributed by atoms with E-state index in [4.69, 9.17) is 19.7 Å². The minimum absolute atomic E-state index is 0.0834. The Morgan fingerprint density at radius 2 is 2.22 bits per heavy atom. The van der Waals surface area contributed by atoms with Crippen molar-refractivity contribution in [3.8, 4) is 11.5 Å². The number of benzene rings is 1. The molecule has 18 heavy (non-hydrogen) atoms. The van der Waals surface area contributed by atoms with E-state index in [1.807, 2.05) is 0 Å². The molecule has 0 aliphatic carbocycles. The van der Waals surface area contributed by atoms with Crippen LogP contribution in [0.25, 0.3) is 6.08 Å². The second-order valence-electron chi connectivity index (χ2n) is 3.28. The Balaban J connectivity index is 3.06. The van der Waals surface area contributed by atoms with Gasteiger partial charge in [0.15, 0.2) is 11.5 Å². The van der Waals surface area contributed by atoms with Crippen LogP contribution in [0.1, 0.15) is 5.56 Å². The summed E-state index contributed by atoms with van der Waals surface area (Å²) in [5, 5.41) is 17.3. The molecule has 0 unspecified atom stereocenters. The van der Waals surface area contributed by atoms with Crippen molar-refractivity contribution < 1.29 is 24.5 Å². The predicted molar refractivity (Wildman–Crippen MR) is 75.0 cm³/mol. The van der Waals surface area contributed by atoms with Gasteiger partial charge in [0.2, 0.25) is 0 Å². The second-order valence-corrected chi connectivity index (χ2v) is 4.44. The maximum Gasteiger partial charge on any atom is 0.328 e. The van der Waals surface area contributed by atoms with Gasteiger partial charge in [-0.2, -0.15) is 0 Å². The van der Waals surface area contributed by atoms with Crippen molar-refractivity contribution in [3.63, 3.8) is 0 Å². The number of ether oxygens (including phenoxy) is 2. The van der Waals surface area contributed by atoms with Gasteiger partial charge in [0.25, 0.3) is 0 Å². The quantitative estimate of drug-likeness (QED) is 0.595. The van der Waals surface area contributed by atoms with E-state index in [9.17, 15) is 4.79 Å². The van der Waals surface area contributed by atoms with Gasteiger partial charge in [0.05, 0.1) is 17.3 Å². The lowest BCUT2D eigenvalue weighted by atomic mass is 10.2. The van der Waals surface area contributed by atoms with Crippen LogP contribution >= 0.6 is 22.6 Å². The van der Waals surface area contributed by atoms with Crippen LogP contribution in [0.2, 0.25) is 0 Å². The summed E-state index contributed by atoms with van der Waals surface area (Å²) in [5.41, 5.74) is 0.704. The van der Waals surface area contributed by atoms with Crippen molar-refractivity contribution in [2.75, 3.05) is 20.3 Å². The average Bonchev–Trinajstić information content (AvgIpc) is 2.34. The number of hydrogen-bond donors (Lipinski definition) is 2. The zero-order valence-corrected chi connectivity index (χ0v) is 11.9.